The Labute approximate surface area is 105 Å². The van der Waals surface area contributed by atoms with Crippen molar-refractivity contribution in [2.75, 3.05) is 12.8 Å². The lowest BCUT2D eigenvalue weighted by atomic mass is 10.4. The van der Waals surface area contributed by atoms with Crippen molar-refractivity contribution in [2.24, 2.45) is 0 Å². The van der Waals surface area contributed by atoms with Crippen molar-refractivity contribution in [2.45, 2.75) is 33.6 Å². The van der Waals surface area contributed by atoms with Crippen LogP contribution in [-0.4, -0.2) is 23.3 Å². The first-order chi connectivity index (χ1) is 7.49. The Hall–Kier alpha value is -0.360. The zero-order chi connectivity index (χ0) is 12.6. The third kappa shape index (κ3) is 7.00. The minimum absolute atomic E-state index is 0.920. The summed E-state index contributed by atoms with van der Waals surface area (Å²) in [7, 11) is 1.39. The van der Waals surface area contributed by atoms with Crippen molar-refractivity contribution >= 4 is 30.1 Å². The van der Waals surface area contributed by atoms with Gasteiger partial charge in [0.25, 0.3) is 0 Å². The number of thioether (sulfide) groups is 1. The standard InChI is InChI=1S/C10H19FN2OS2/c1-5-6-7-15-9(8(2)3)12-16-13(4)10(11)14/h12H,5-7H2,1-4H3. The van der Waals surface area contributed by atoms with Crippen molar-refractivity contribution < 1.29 is 9.18 Å². The van der Waals surface area contributed by atoms with Crippen LogP contribution in [0.1, 0.15) is 33.6 Å². The van der Waals surface area contributed by atoms with Crippen LogP contribution in [0.25, 0.3) is 0 Å². The van der Waals surface area contributed by atoms with Gasteiger partial charge in [0.2, 0.25) is 0 Å². The fourth-order valence-electron chi connectivity index (χ4n) is 0.740. The number of halogens is 1. The summed E-state index contributed by atoms with van der Waals surface area (Å²) in [6.07, 6.45) is 0.842. The molecule has 0 saturated carbocycles. The first-order valence-corrected chi connectivity index (χ1v) is 6.91. The van der Waals surface area contributed by atoms with E-state index in [1.54, 1.807) is 11.8 Å². The molecule has 0 aromatic heterocycles. The Morgan fingerprint density at radius 3 is 2.50 bits per heavy atom. The molecule has 0 aromatic rings. The van der Waals surface area contributed by atoms with Gasteiger partial charge in [-0.2, -0.15) is 0 Å². The number of rotatable bonds is 7. The number of allylic oxidation sites excluding steroid dienone is 1. The minimum atomic E-state index is -1.45. The molecule has 0 unspecified atom stereocenters. The van der Waals surface area contributed by atoms with Gasteiger partial charge in [-0.15, -0.1) is 16.2 Å². The highest BCUT2D eigenvalue weighted by Gasteiger charge is 2.08. The summed E-state index contributed by atoms with van der Waals surface area (Å²) >= 11 is 2.65. The fourth-order valence-corrected chi connectivity index (χ4v) is 2.51. The maximum atomic E-state index is 12.3. The molecule has 0 aliphatic rings. The molecule has 0 aliphatic heterocycles. The van der Waals surface area contributed by atoms with Crippen molar-refractivity contribution in [3.8, 4) is 0 Å². The predicted octanol–water partition coefficient (Wildman–Crippen LogP) is 3.95. The van der Waals surface area contributed by atoms with Crippen LogP contribution in [-0.2, 0) is 0 Å². The lowest BCUT2D eigenvalue weighted by molar-refractivity contribution is 0.209. The van der Waals surface area contributed by atoms with E-state index in [0.717, 1.165) is 45.6 Å². The van der Waals surface area contributed by atoms with Crippen LogP contribution in [0.2, 0.25) is 0 Å². The van der Waals surface area contributed by atoms with Gasteiger partial charge < -0.3 is 4.72 Å². The smallest absolute Gasteiger partial charge is 0.306 e. The molecule has 0 spiro atoms. The molecule has 0 bridgehead atoms. The summed E-state index contributed by atoms with van der Waals surface area (Å²) in [5.41, 5.74) is 1.13. The van der Waals surface area contributed by atoms with Gasteiger partial charge in [0.15, 0.2) is 0 Å². The number of hydrogen-bond donors (Lipinski definition) is 1. The number of hydrogen-bond acceptors (Lipinski definition) is 4. The maximum absolute atomic E-state index is 12.3. The lowest BCUT2D eigenvalue weighted by Crippen LogP contribution is -2.19. The van der Waals surface area contributed by atoms with Crippen LogP contribution in [0.15, 0.2) is 10.6 Å². The summed E-state index contributed by atoms with van der Waals surface area (Å²) in [6, 6.07) is 0. The van der Waals surface area contributed by atoms with E-state index in [1.807, 2.05) is 13.8 Å². The Balaban J connectivity index is 4.06. The Morgan fingerprint density at radius 2 is 2.06 bits per heavy atom. The van der Waals surface area contributed by atoms with E-state index in [1.165, 1.54) is 7.05 Å². The highest BCUT2D eigenvalue weighted by atomic mass is 32.2. The van der Waals surface area contributed by atoms with Crippen molar-refractivity contribution in [3.05, 3.63) is 10.6 Å². The average molecular weight is 266 g/mol. The molecule has 1 N–H and O–H groups in total. The monoisotopic (exact) mass is 266 g/mol. The number of amides is 1. The highest BCUT2D eigenvalue weighted by molar-refractivity contribution is 8.04. The van der Waals surface area contributed by atoms with Crippen molar-refractivity contribution in [1.29, 1.82) is 0 Å². The number of unbranched alkanes of at least 4 members (excludes halogenated alkanes) is 1. The van der Waals surface area contributed by atoms with Gasteiger partial charge in [-0.25, -0.2) is 9.10 Å². The topological polar surface area (TPSA) is 32.3 Å². The second kappa shape index (κ2) is 8.75. The molecule has 94 valence electrons. The number of nitrogens with one attached hydrogen (secondary N) is 1. The molecule has 1 amide bonds. The van der Waals surface area contributed by atoms with Gasteiger partial charge in [-0.05, 0) is 31.6 Å². The van der Waals surface area contributed by atoms with Crippen LogP contribution < -0.4 is 4.72 Å². The van der Waals surface area contributed by atoms with Crippen LogP contribution in [0.4, 0.5) is 9.18 Å². The van der Waals surface area contributed by atoms with Crippen molar-refractivity contribution in [1.82, 2.24) is 9.03 Å². The first kappa shape index (κ1) is 15.6. The summed E-state index contributed by atoms with van der Waals surface area (Å²) in [5, 5.41) is 0.992. The Morgan fingerprint density at radius 1 is 1.44 bits per heavy atom. The molecule has 16 heavy (non-hydrogen) atoms. The van der Waals surface area contributed by atoms with E-state index in [2.05, 4.69) is 11.6 Å². The fraction of sp³-hybridized carbons (Fsp3) is 0.700. The van der Waals surface area contributed by atoms with Gasteiger partial charge in [0, 0.05) is 7.05 Å². The third-order valence-corrected chi connectivity index (χ3v) is 3.86. The zero-order valence-electron chi connectivity index (χ0n) is 10.2. The molecule has 0 aliphatic carbocycles. The van der Waals surface area contributed by atoms with E-state index < -0.39 is 6.16 Å². The molecule has 0 atom stereocenters. The molecule has 0 fully saturated rings. The van der Waals surface area contributed by atoms with Gasteiger partial charge in [-0.3, -0.25) is 0 Å². The second-order valence-electron chi connectivity index (χ2n) is 3.47. The predicted molar refractivity (Wildman–Crippen MR) is 70.7 cm³/mol. The van der Waals surface area contributed by atoms with E-state index in [-0.39, 0.29) is 0 Å². The number of nitrogens with zero attached hydrogens (tertiary/aromatic N) is 1. The number of carbonyl (C=O) groups is 1. The van der Waals surface area contributed by atoms with Crippen LogP contribution in [0.3, 0.4) is 0 Å². The first-order valence-electron chi connectivity index (χ1n) is 5.15. The summed E-state index contributed by atoms with van der Waals surface area (Å²) in [6.45, 7) is 6.11. The average Bonchev–Trinajstić information content (AvgIpc) is 2.21. The van der Waals surface area contributed by atoms with Crippen LogP contribution in [0.5, 0.6) is 0 Å². The van der Waals surface area contributed by atoms with E-state index in [9.17, 15) is 9.18 Å². The lowest BCUT2D eigenvalue weighted by Gasteiger charge is -2.15. The molecular formula is C10H19FN2OS2. The molecule has 6 heteroatoms. The SMILES string of the molecule is CCCCSC(NSN(C)C(=O)F)=C(C)C. The van der Waals surface area contributed by atoms with Gasteiger partial charge in [0.05, 0.1) is 17.2 Å². The molecule has 0 aromatic carbocycles. The third-order valence-electron chi connectivity index (χ3n) is 1.72. The largest absolute Gasteiger partial charge is 0.411 e. The van der Waals surface area contributed by atoms with E-state index in [4.69, 9.17) is 0 Å². The molecule has 0 saturated heterocycles. The second-order valence-corrected chi connectivity index (χ2v) is 5.51. The normalized spacial score (nSPS) is 9.81. The van der Waals surface area contributed by atoms with Crippen LogP contribution >= 0.6 is 23.9 Å². The van der Waals surface area contributed by atoms with Crippen molar-refractivity contribution in [3.63, 3.8) is 0 Å². The van der Waals surface area contributed by atoms with E-state index in [0.29, 0.717) is 0 Å². The Bertz CT molecular complexity index is 255. The van der Waals surface area contributed by atoms with Gasteiger partial charge in [-0.1, -0.05) is 13.3 Å². The summed E-state index contributed by atoms with van der Waals surface area (Å²) in [4.78, 5) is 10.4. The highest BCUT2D eigenvalue weighted by Crippen LogP contribution is 2.21. The van der Waals surface area contributed by atoms with Gasteiger partial charge >= 0.3 is 6.16 Å². The molecular weight excluding hydrogens is 247 g/mol. The maximum Gasteiger partial charge on any atom is 0.411 e. The molecule has 0 rings (SSSR count). The Kier molecular flexibility index (Phi) is 8.56. The van der Waals surface area contributed by atoms with E-state index >= 15 is 0 Å². The molecule has 3 nitrogen and oxygen atoms in total. The quantitative estimate of drug-likeness (QED) is 0.327. The van der Waals surface area contributed by atoms with Crippen LogP contribution in [0, 0.1) is 0 Å². The molecule has 0 heterocycles. The summed E-state index contributed by atoms with van der Waals surface area (Å²) in [5.74, 6) is 1.03. The molecule has 0 radical (unpaired) electrons. The minimum Gasteiger partial charge on any atom is -0.306 e. The number of carbonyl (C=O) groups excluding carboxylic acids is 1. The summed E-state index contributed by atoms with van der Waals surface area (Å²) < 4.78 is 16.2. The zero-order valence-corrected chi connectivity index (χ0v) is 11.8. The van der Waals surface area contributed by atoms with Gasteiger partial charge in [0.1, 0.15) is 0 Å².